The number of unbranched alkanes of at least 4 members (excludes halogenated alkanes) is 1. The fourth-order valence-corrected chi connectivity index (χ4v) is 2.45. The zero-order chi connectivity index (χ0) is 15.8. The quantitative estimate of drug-likeness (QED) is 0.595. The van der Waals surface area contributed by atoms with Crippen molar-refractivity contribution in [2.24, 2.45) is 16.6 Å². The van der Waals surface area contributed by atoms with Crippen LogP contribution in [0.25, 0.3) is 5.69 Å². The minimum absolute atomic E-state index is 0.632. The van der Waals surface area contributed by atoms with Crippen molar-refractivity contribution in [1.29, 1.82) is 0 Å². The van der Waals surface area contributed by atoms with E-state index in [1.807, 2.05) is 35.0 Å². The van der Waals surface area contributed by atoms with Crippen LogP contribution in [-0.2, 0) is 0 Å². The van der Waals surface area contributed by atoms with Gasteiger partial charge in [-0.2, -0.15) is 0 Å². The summed E-state index contributed by atoms with van der Waals surface area (Å²) in [6.45, 7) is 5.28. The molecule has 0 aliphatic carbocycles. The van der Waals surface area contributed by atoms with Gasteiger partial charge in [-0.05, 0) is 36.6 Å². The van der Waals surface area contributed by atoms with E-state index in [2.05, 4.69) is 23.8 Å². The fraction of sp³-hybridized carbons (Fsp3) is 0.444. The number of nitrogens with two attached hydrogens (primary N) is 1. The smallest absolute Gasteiger partial charge is 0.125 e. The van der Waals surface area contributed by atoms with Crippen molar-refractivity contribution < 1.29 is 0 Å². The van der Waals surface area contributed by atoms with Crippen molar-refractivity contribution in [3.8, 4) is 5.69 Å². The summed E-state index contributed by atoms with van der Waals surface area (Å²) in [7, 11) is 0. The highest BCUT2D eigenvalue weighted by atomic mass is 15.0. The number of imidazole rings is 1. The second-order valence-corrected chi connectivity index (χ2v) is 5.66. The molecule has 0 aliphatic rings. The van der Waals surface area contributed by atoms with Crippen molar-refractivity contribution in [3.63, 3.8) is 0 Å². The van der Waals surface area contributed by atoms with Crippen LogP contribution in [0.2, 0.25) is 0 Å². The van der Waals surface area contributed by atoms with Crippen LogP contribution in [0.15, 0.2) is 48.0 Å². The van der Waals surface area contributed by atoms with Crippen molar-refractivity contribution in [2.75, 3.05) is 6.54 Å². The second kappa shape index (κ2) is 8.37. The Labute approximate surface area is 133 Å². The minimum atomic E-state index is 0.632. The first-order valence-electron chi connectivity index (χ1n) is 8.13. The van der Waals surface area contributed by atoms with Gasteiger partial charge in [0, 0.05) is 30.2 Å². The molecule has 2 N–H and O–H groups in total. The largest absolute Gasteiger partial charge is 0.384 e. The van der Waals surface area contributed by atoms with Gasteiger partial charge in [0.25, 0.3) is 0 Å². The first-order valence-corrected chi connectivity index (χ1v) is 8.13. The molecule has 0 amide bonds. The maximum absolute atomic E-state index is 6.13. The number of benzene rings is 1. The van der Waals surface area contributed by atoms with Crippen LogP contribution in [0.3, 0.4) is 0 Å². The van der Waals surface area contributed by atoms with Crippen molar-refractivity contribution in [3.05, 3.63) is 48.5 Å². The summed E-state index contributed by atoms with van der Waals surface area (Å²) in [5.41, 5.74) is 8.18. The SMILES string of the molecule is CCCCC(CC)CN=C(N)c1ccc(-n2ccnc2)cc1. The summed E-state index contributed by atoms with van der Waals surface area (Å²) in [5, 5.41) is 0. The lowest BCUT2D eigenvalue weighted by molar-refractivity contribution is 0.462. The molecule has 118 valence electrons. The number of aliphatic imine (C=N–C) groups is 1. The summed E-state index contributed by atoms with van der Waals surface area (Å²) >= 11 is 0. The topological polar surface area (TPSA) is 56.2 Å². The molecule has 0 saturated heterocycles. The summed E-state index contributed by atoms with van der Waals surface area (Å²) in [6.07, 6.45) is 10.4. The monoisotopic (exact) mass is 298 g/mol. The van der Waals surface area contributed by atoms with E-state index in [0.717, 1.165) is 24.2 Å². The maximum Gasteiger partial charge on any atom is 0.125 e. The van der Waals surface area contributed by atoms with Gasteiger partial charge in [0.05, 0.1) is 6.33 Å². The summed E-state index contributed by atoms with van der Waals surface area (Å²) in [4.78, 5) is 8.64. The van der Waals surface area contributed by atoms with E-state index in [1.165, 1.54) is 19.3 Å². The van der Waals surface area contributed by atoms with Gasteiger partial charge in [-0.25, -0.2) is 4.98 Å². The van der Waals surface area contributed by atoms with Crippen LogP contribution >= 0.6 is 0 Å². The lowest BCUT2D eigenvalue weighted by Gasteiger charge is -2.12. The Bertz CT molecular complexity index is 570. The van der Waals surface area contributed by atoms with E-state index < -0.39 is 0 Å². The number of hydrogen-bond donors (Lipinski definition) is 1. The molecule has 0 radical (unpaired) electrons. The predicted octanol–water partition coefficient (Wildman–Crippen LogP) is 3.79. The van der Waals surface area contributed by atoms with Crippen LogP contribution in [-0.4, -0.2) is 21.9 Å². The molecule has 0 aliphatic heterocycles. The van der Waals surface area contributed by atoms with E-state index in [0.29, 0.717) is 11.8 Å². The van der Waals surface area contributed by atoms with Crippen LogP contribution in [0.1, 0.15) is 45.1 Å². The number of hydrogen-bond acceptors (Lipinski definition) is 2. The van der Waals surface area contributed by atoms with E-state index in [-0.39, 0.29) is 0 Å². The third kappa shape index (κ3) is 4.45. The normalized spacial score (nSPS) is 13.3. The molecule has 2 rings (SSSR count). The Morgan fingerprint density at radius 1 is 1.27 bits per heavy atom. The Balaban J connectivity index is 1.99. The van der Waals surface area contributed by atoms with Crippen LogP contribution < -0.4 is 5.73 Å². The van der Waals surface area contributed by atoms with Gasteiger partial charge in [0.2, 0.25) is 0 Å². The number of nitrogens with zero attached hydrogens (tertiary/aromatic N) is 3. The molecular weight excluding hydrogens is 272 g/mol. The van der Waals surface area contributed by atoms with Gasteiger partial charge in [0.1, 0.15) is 5.84 Å². The molecule has 0 saturated carbocycles. The van der Waals surface area contributed by atoms with Gasteiger partial charge < -0.3 is 10.3 Å². The summed E-state index contributed by atoms with van der Waals surface area (Å²) in [5.74, 6) is 1.27. The highest BCUT2D eigenvalue weighted by Gasteiger charge is 2.06. The lowest BCUT2D eigenvalue weighted by atomic mass is 10.00. The van der Waals surface area contributed by atoms with Crippen molar-refractivity contribution in [1.82, 2.24) is 9.55 Å². The minimum Gasteiger partial charge on any atom is -0.384 e. The van der Waals surface area contributed by atoms with E-state index in [9.17, 15) is 0 Å². The van der Waals surface area contributed by atoms with Gasteiger partial charge in [-0.1, -0.05) is 33.1 Å². The molecule has 1 unspecified atom stereocenters. The standard InChI is InChI=1S/C18H26N4/c1-3-5-6-15(4-2)13-21-18(19)16-7-9-17(10-8-16)22-12-11-20-14-22/h7-12,14-15H,3-6,13H2,1-2H3,(H2,19,21). The second-order valence-electron chi connectivity index (χ2n) is 5.66. The Morgan fingerprint density at radius 3 is 2.64 bits per heavy atom. The number of amidine groups is 1. The Kier molecular flexibility index (Phi) is 6.19. The first kappa shape index (κ1) is 16.3. The molecule has 4 nitrogen and oxygen atoms in total. The first-order chi connectivity index (χ1) is 10.7. The third-order valence-corrected chi connectivity index (χ3v) is 4.03. The van der Waals surface area contributed by atoms with E-state index in [4.69, 9.17) is 5.73 Å². The Morgan fingerprint density at radius 2 is 2.05 bits per heavy atom. The molecule has 1 aromatic heterocycles. The van der Waals surface area contributed by atoms with Gasteiger partial charge in [-0.3, -0.25) is 4.99 Å². The molecule has 0 spiro atoms. The summed E-state index contributed by atoms with van der Waals surface area (Å²) < 4.78 is 1.97. The molecule has 2 aromatic rings. The van der Waals surface area contributed by atoms with Gasteiger partial charge >= 0.3 is 0 Å². The van der Waals surface area contributed by atoms with E-state index in [1.54, 1.807) is 12.5 Å². The predicted molar refractivity (Wildman–Crippen MR) is 92.5 cm³/mol. The lowest BCUT2D eigenvalue weighted by Crippen LogP contribution is -2.16. The average Bonchev–Trinajstić information content (AvgIpc) is 3.09. The summed E-state index contributed by atoms with van der Waals surface area (Å²) in [6, 6.07) is 8.10. The van der Waals surface area contributed by atoms with Gasteiger partial charge in [0.15, 0.2) is 0 Å². The Hall–Kier alpha value is -2.10. The zero-order valence-corrected chi connectivity index (χ0v) is 13.6. The average molecular weight is 298 g/mol. The van der Waals surface area contributed by atoms with Crippen LogP contribution in [0.5, 0.6) is 0 Å². The van der Waals surface area contributed by atoms with Gasteiger partial charge in [-0.15, -0.1) is 0 Å². The molecule has 0 fully saturated rings. The molecule has 1 heterocycles. The molecular formula is C18H26N4. The molecule has 1 atom stereocenters. The molecule has 0 bridgehead atoms. The van der Waals surface area contributed by atoms with Crippen molar-refractivity contribution in [2.45, 2.75) is 39.5 Å². The van der Waals surface area contributed by atoms with Crippen molar-refractivity contribution >= 4 is 5.84 Å². The highest BCUT2D eigenvalue weighted by Crippen LogP contribution is 2.14. The van der Waals surface area contributed by atoms with Crippen LogP contribution in [0.4, 0.5) is 0 Å². The van der Waals surface area contributed by atoms with Crippen LogP contribution in [0, 0.1) is 5.92 Å². The molecule has 1 aromatic carbocycles. The molecule has 22 heavy (non-hydrogen) atoms. The fourth-order valence-electron chi connectivity index (χ4n) is 2.45. The third-order valence-electron chi connectivity index (χ3n) is 4.03. The van der Waals surface area contributed by atoms with E-state index >= 15 is 0 Å². The highest BCUT2D eigenvalue weighted by molar-refractivity contribution is 5.97. The zero-order valence-electron chi connectivity index (χ0n) is 13.6. The maximum atomic E-state index is 6.13. The number of aromatic nitrogens is 2. The molecule has 4 heteroatoms. The number of rotatable bonds is 8.